The molecular formula is C10H13F3O2. The first-order chi connectivity index (χ1) is 6.98. The fourth-order valence-corrected chi connectivity index (χ4v) is 2.78. The molecule has 2 aliphatic carbocycles. The van der Waals surface area contributed by atoms with Crippen LogP contribution in [0.4, 0.5) is 13.2 Å². The quantitative estimate of drug-likeness (QED) is 0.637. The second-order valence-corrected chi connectivity index (χ2v) is 4.40. The average molecular weight is 222 g/mol. The molecule has 0 aromatic carbocycles. The summed E-state index contributed by atoms with van der Waals surface area (Å²) in [6.07, 6.45) is -0.681. The minimum Gasteiger partial charge on any atom is -0.455 e. The Morgan fingerprint density at radius 3 is 2.07 bits per heavy atom. The number of carbonyl (C=O) groups excluding carboxylic acids is 1. The monoisotopic (exact) mass is 222 g/mol. The summed E-state index contributed by atoms with van der Waals surface area (Å²) in [4.78, 5) is 10.7. The van der Waals surface area contributed by atoms with Crippen molar-refractivity contribution >= 4 is 5.97 Å². The third kappa shape index (κ3) is 2.11. The van der Waals surface area contributed by atoms with Gasteiger partial charge in [-0.3, -0.25) is 0 Å². The number of hydrogen-bond acceptors (Lipinski definition) is 2. The molecule has 0 amide bonds. The number of carbonyl (C=O) groups is 1. The highest BCUT2D eigenvalue weighted by Gasteiger charge is 2.47. The van der Waals surface area contributed by atoms with Crippen molar-refractivity contribution in [1.82, 2.24) is 0 Å². The first kappa shape index (κ1) is 10.8. The Kier molecular flexibility index (Phi) is 2.64. The molecule has 2 saturated carbocycles. The summed E-state index contributed by atoms with van der Waals surface area (Å²) >= 11 is 0. The third-order valence-corrected chi connectivity index (χ3v) is 3.46. The van der Waals surface area contributed by atoms with Crippen LogP contribution in [0.5, 0.6) is 0 Å². The second-order valence-electron chi connectivity index (χ2n) is 4.40. The molecule has 0 radical (unpaired) electrons. The Hall–Kier alpha value is -0.740. The maximum atomic E-state index is 12.0. The highest BCUT2D eigenvalue weighted by Crippen LogP contribution is 2.44. The van der Waals surface area contributed by atoms with Crippen LogP contribution in [0.3, 0.4) is 0 Å². The lowest BCUT2D eigenvalue weighted by Crippen LogP contribution is -2.36. The molecule has 5 heteroatoms. The van der Waals surface area contributed by atoms with Gasteiger partial charge in [-0.25, -0.2) is 4.79 Å². The van der Waals surface area contributed by atoms with Gasteiger partial charge < -0.3 is 4.74 Å². The van der Waals surface area contributed by atoms with Gasteiger partial charge in [-0.05, 0) is 37.5 Å². The SMILES string of the molecule is O=C(OC1C2CCCC1CC2)C(F)(F)F. The van der Waals surface area contributed by atoms with Gasteiger partial charge in [0.05, 0.1) is 0 Å². The topological polar surface area (TPSA) is 26.3 Å². The smallest absolute Gasteiger partial charge is 0.455 e. The molecule has 2 unspecified atom stereocenters. The number of fused-ring (bicyclic) bond motifs is 2. The van der Waals surface area contributed by atoms with E-state index in [1.165, 1.54) is 0 Å². The van der Waals surface area contributed by atoms with Gasteiger partial charge in [0.25, 0.3) is 0 Å². The largest absolute Gasteiger partial charge is 0.490 e. The zero-order chi connectivity index (χ0) is 11.1. The number of halogens is 3. The number of alkyl halides is 3. The van der Waals surface area contributed by atoms with Crippen molar-refractivity contribution in [3.63, 3.8) is 0 Å². The predicted molar refractivity (Wildman–Crippen MR) is 46.0 cm³/mol. The van der Waals surface area contributed by atoms with E-state index < -0.39 is 18.2 Å². The van der Waals surface area contributed by atoms with Crippen LogP contribution in [0, 0.1) is 11.8 Å². The lowest BCUT2D eigenvalue weighted by atomic mass is 9.86. The third-order valence-electron chi connectivity index (χ3n) is 3.46. The minimum absolute atomic E-state index is 0.162. The van der Waals surface area contributed by atoms with Gasteiger partial charge in [0, 0.05) is 0 Å². The summed E-state index contributed by atoms with van der Waals surface area (Å²) in [6, 6.07) is 0. The van der Waals surface area contributed by atoms with Crippen LogP contribution in [0.2, 0.25) is 0 Å². The summed E-state index contributed by atoms with van der Waals surface area (Å²) in [5.74, 6) is -1.70. The van der Waals surface area contributed by atoms with Crippen molar-refractivity contribution in [3.8, 4) is 0 Å². The zero-order valence-electron chi connectivity index (χ0n) is 8.22. The van der Waals surface area contributed by atoms with Crippen molar-refractivity contribution in [3.05, 3.63) is 0 Å². The van der Waals surface area contributed by atoms with E-state index in [9.17, 15) is 18.0 Å². The van der Waals surface area contributed by atoms with Gasteiger partial charge >= 0.3 is 12.1 Å². The number of rotatable bonds is 1. The van der Waals surface area contributed by atoms with E-state index >= 15 is 0 Å². The van der Waals surface area contributed by atoms with Gasteiger partial charge in [-0.1, -0.05) is 6.42 Å². The molecule has 2 aliphatic rings. The van der Waals surface area contributed by atoms with Crippen molar-refractivity contribution in [2.75, 3.05) is 0 Å². The van der Waals surface area contributed by atoms with E-state index in [0.29, 0.717) is 0 Å². The maximum absolute atomic E-state index is 12.0. The minimum atomic E-state index is -4.85. The Morgan fingerprint density at radius 2 is 1.60 bits per heavy atom. The lowest BCUT2D eigenvalue weighted by molar-refractivity contribution is -0.209. The second kappa shape index (κ2) is 3.68. The molecule has 0 N–H and O–H groups in total. The van der Waals surface area contributed by atoms with Crippen molar-refractivity contribution in [2.45, 2.75) is 44.4 Å². The Balaban J connectivity index is 1.98. The number of hydrogen-bond donors (Lipinski definition) is 0. The fraction of sp³-hybridized carbons (Fsp3) is 0.900. The van der Waals surface area contributed by atoms with Crippen molar-refractivity contribution in [1.29, 1.82) is 0 Å². The molecule has 2 nitrogen and oxygen atoms in total. The molecule has 2 fully saturated rings. The zero-order valence-corrected chi connectivity index (χ0v) is 8.22. The van der Waals surface area contributed by atoms with E-state index in [1.54, 1.807) is 0 Å². The van der Waals surface area contributed by atoms with Crippen LogP contribution in [-0.4, -0.2) is 18.2 Å². The van der Waals surface area contributed by atoms with E-state index in [0.717, 1.165) is 32.1 Å². The van der Waals surface area contributed by atoms with Crippen LogP contribution in [0.1, 0.15) is 32.1 Å². The summed E-state index contributed by atoms with van der Waals surface area (Å²) in [6.45, 7) is 0. The van der Waals surface area contributed by atoms with Crippen LogP contribution in [0.25, 0.3) is 0 Å². The predicted octanol–water partition coefficient (Wildman–Crippen LogP) is 2.67. The number of esters is 1. The molecule has 0 aromatic rings. The highest BCUT2D eigenvalue weighted by atomic mass is 19.4. The maximum Gasteiger partial charge on any atom is 0.490 e. The van der Waals surface area contributed by atoms with Crippen LogP contribution in [-0.2, 0) is 9.53 Å². The average Bonchev–Trinajstić information content (AvgIpc) is 2.38. The molecule has 0 heterocycles. The highest BCUT2D eigenvalue weighted by molar-refractivity contribution is 5.75. The molecular weight excluding hydrogens is 209 g/mol. The summed E-state index contributed by atoms with van der Waals surface area (Å²) in [7, 11) is 0. The Bertz CT molecular complexity index is 246. The first-order valence-electron chi connectivity index (χ1n) is 5.26. The molecule has 0 aliphatic heterocycles. The standard InChI is InChI=1S/C10H13F3O2/c11-10(12,13)9(14)15-8-6-2-1-3-7(8)5-4-6/h6-8H,1-5H2. The molecule has 2 atom stereocenters. The van der Waals surface area contributed by atoms with Gasteiger partial charge in [0.2, 0.25) is 0 Å². The van der Waals surface area contributed by atoms with E-state index in [4.69, 9.17) is 0 Å². The molecule has 0 aromatic heterocycles. The van der Waals surface area contributed by atoms with Gasteiger partial charge in [0.15, 0.2) is 0 Å². The van der Waals surface area contributed by atoms with Crippen molar-refractivity contribution < 1.29 is 22.7 Å². The Morgan fingerprint density at radius 1 is 1.07 bits per heavy atom. The van der Waals surface area contributed by atoms with E-state index in [1.807, 2.05) is 0 Å². The molecule has 2 bridgehead atoms. The van der Waals surface area contributed by atoms with E-state index in [-0.39, 0.29) is 11.8 Å². The van der Waals surface area contributed by atoms with Gasteiger partial charge in [-0.2, -0.15) is 13.2 Å². The lowest BCUT2D eigenvalue weighted by Gasteiger charge is -2.29. The van der Waals surface area contributed by atoms with Crippen LogP contribution >= 0.6 is 0 Å². The summed E-state index contributed by atoms with van der Waals surface area (Å²) < 4.78 is 40.6. The summed E-state index contributed by atoms with van der Waals surface area (Å²) in [5.41, 5.74) is 0. The molecule has 0 spiro atoms. The molecule has 86 valence electrons. The molecule has 0 saturated heterocycles. The fourth-order valence-electron chi connectivity index (χ4n) is 2.78. The van der Waals surface area contributed by atoms with Crippen LogP contribution < -0.4 is 0 Å². The molecule has 15 heavy (non-hydrogen) atoms. The first-order valence-corrected chi connectivity index (χ1v) is 5.26. The normalized spacial score (nSPS) is 35.3. The molecule has 2 rings (SSSR count). The van der Waals surface area contributed by atoms with Gasteiger partial charge in [-0.15, -0.1) is 0 Å². The number of ether oxygens (including phenoxy) is 1. The summed E-state index contributed by atoms with van der Waals surface area (Å²) in [5, 5.41) is 0. The van der Waals surface area contributed by atoms with Crippen LogP contribution in [0.15, 0.2) is 0 Å². The van der Waals surface area contributed by atoms with E-state index in [2.05, 4.69) is 4.74 Å². The van der Waals surface area contributed by atoms with Gasteiger partial charge in [0.1, 0.15) is 6.10 Å². The Labute approximate surface area is 85.8 Å². The van der Waals surface area contributed by atoms with Crippen molar-refractivity contribution in [2.24, 2.45) is 11.8 Å².